The minimum absolute atomic E-state index is 0.219. The van der Waals surface area contributed by atoms with Crippen molar-refractivity contribution >= 4 is 22.9 Å². The lowest BCUT2D eigenvalue weighted by Crippen LogP contribution is -2.17. The average Bonchev–Trinajstić information content (AvgIpc) is 3.10. The van der Waals surface area contributed by atoms with Crippen molar-refractivity contribution in [3.63, 3.8) is 0 Å². The second-order valence-electron chi connectivity index (χ2n) is 8.19. The Kier molecular flexibility index (Phi) is 6.50. The van der Waals surface area contributed by atoms with E-state index in [1.165, 1.54) is 18.4 Å². The van der Waals surface area contributed by atoms with Crippen LogP contribution in [-0.2, 0) is 6.42 Å². The predicted molar refractivity (Wildman–Crippen MR) is 133 cm³/mol. The van der Waals surface area contributed by atoms with E-state index >= 15 is 0 Å². The van der Waals surface area contributed by atoms with Crippen LogP contribution in [0, 0.1) is 13.8 Å². The molecule has 0 aliphatic rings. The largest absolute Gasteiger partial charge is 0.318 e. The molecule has 3 aromatic carbocycles. The lowest BCUT2D eigenvalue weighted by Gasteiger charge is -2.10. The van der Waals surface area contributed by atoms with Crippen molar-refractivity contribution < 1.29 is 4.79 Å². The first-order chi connectivity index (χ1) is 15.6. The zero-order chi connectivity index (χ0) is 22.5. The van der Waals surface area contributed by atoms with Gasteiger partial charge in [-0.05, 0) is 73.4 Å². The van der Waals surface area contributed by atoms with Crippen LogP contribution in [0.1, 0.15) is 52.6 Å². The number of nitrogens with zero attached hydrogens (tertiary/aromatic N) is 2. The van der Waals surface area contributed by atoms with Gasteiger partial charge in [0.1, 0.15) is 0 Å². The molecule has 1 amide bonds. The van der Waals surface area contributed by atoms with Crippen LogP contribution in [0.25, 0.3) is 16.5 Å². The summed E-state index contributed by atoms with van der Waals surface area (Å²) < 4.78 is 2.22. The average molecular weight is 424 g/mol. The topological polar surface area (TPSA) is 46.4 Å². The zero-order valence-electron chi connectivity index (χ0n) is 18.9. The van der Waals surface area contributed by atoms with Crippen LogP contribution in [0.15, 0.2) is 77.9 Å². The summed E-state index contributed by atoms with van der Waals surface area (Å²) in [5, 5.41) is 6.36. The highest BCUT2D eigenvalue weighted by molar-refractivity contribution is 5.99. The highest BCUT2D eigenvalue weighted by atomic mass is 16.2. The fourth-order valence-corrected chi connectivity index (χ4v) is 4.06. The van der Waals surface area contributed by atoms with Crippen LogP contribution in [0.3, 0.4) is 0 Å². The van der Waals surface area contributed by atoms with Crippen molar-refractivity contribution in [3.8, 4) is 5.69 Å². The van der Waals surface area contributed by atoms with Gasteiger partial charge in [0.05, 0.1) is 6.21 Å². The van der Waals surface area contributed by atoms with Crippen molar-refractivity contribution in [3.05, 3.63) is 101 Å². The summed E-state index contributed by atoms with van der Waals surface area (Å²) in [7, 11) is 0. The third kappa shape index (κ3) is 4.65. The number of benzene rings is 3. The number of aromatic nitrogens is 1. The van der Waals surface area contributed by atoms with Gasteiger partial charge < -0.3 is 4.57 Å². The van der Waals surface area contributed by atoms with Crippen molar-refractivity contribution in [2.75, 3.05) is 0 Å². The van der Waals surface area contributed by atoms with E-state index in [4.69, 9.17) is 0 Å². The second kappa shape index (κ2) is 9.65. The number of carbonyl (C=O) groups is 1. The molecule has 0 atom stereocenters. The number of aryl methyl sites for hydroxylation is 2. The van der Waals surface area contributed by atoms with E-state index in [1.54, 1.807) is 6.21 Å². The van der Waals surface area contributed by atoms with Crippen LogP contribution in [0.4, 0.5) is 0 Å². The molecule has 0 saturated heterocycles. The number of unbranched alkanes of at least 4 members (excludes halogenated alkanes) is 1. The Bertz CT molecular complexity index is 1270. The summed E-state index contributed by atoms with van der Waals surface area (Å²) >= 11 is 0. The number of amides is 1. The highest BCUT2D eigenvalue weighted by Gasteiger charge is 2.10. The predicted octanol–water partition coefficient (Wildman–Crippen LogP) is 6.35. The normalized spacial score (nSPS) is 11.3. The van der Waals surface area contributed by atoms with E-state index in [2.05, 4.69) is 66.2 Å². The summed E-state index contributed by atoms with van der Waals surface area (Å²) in [6.45, 7) is 6.38. The van der Waals surface area contributed by atoms with Crippen molar-refractivity contribution in [2.45, 2.75) is 40.0 Å². The fraction of sp³-hybridized carbons (Fsp3) is 0.214. The molecule has 4 nitrogen and oxygen atoms in total. The first kappa shape index (κ1) is 21.6. The third-order valence-corrected chi connectivity index (χ3v) is 5.87. The number of hydrogen-bond acceptors (Lipinski definition) is 2. The minimum Gasteiger partial charge on any atom is -0.318 e. The van der Waals surface area contributed by atoms with E-state index in [9.17, 15) is 4.79 Å². The summed E-state index contributed by atoms with van der Waals surface area (Å²) in [5.41, 5.74) is 8.96. The molecule has 0 aliphatic carbocycles. The third-order valence-electron chi connectivity index (χ3n) is 5.87. The Balaban J connectivity index is 1.48. The Morgan fingerprint density at radius 1 is 0.969 bits per heavy atom. The molecule has 0 aliphatic heterocycles. The van der Waals surface area contributed by atoms with Gasteiger partial charge in [-0.25, -0.2) is 5.43 Å². The molecule has 32 heavy (non-hydrogen) atoms. The summed E-state index contributed by atoms with van der Waals surface area (Å²) in [6.07, 6.45) is 5.26. The van der Waals surface area contributed by atoms with Gasteiger partial charge in [-0.2, -0.15) is 5.10 Å². The number of hydrazone groups is 1. The van der Waals surface area contributed by atoms with Crippen LogP contribution in [0.5, 0.6) is 0 Å². The molecule has 1 heterocycles. The molecule has 1 aromatic heterocycles. The molecule has 0 radical (unpaired) electrons. The first-order valence-electron chi connectivity index (χ1n) is 11.2. The number of nitrogens with one attached hydrogen (secondary N) is 1. The van der Waals surface area contributed by atoms with Crippen LogP contribution in [-0.4, -0.2) is 16.7 Å². The maximum absolute atomic E-state index is 12.5. The monoisotopic (exact) mass is 423 g/mol. The number of fused-ring (bicyclic) bond motifs is 1. The maximum Gasteiger partial charge on any atom is 0.271 e. The molecule has 0 unspecified atom stereocenters. The molecule has 162 valence electrons. The van der Waals surface area contributed by atoms with Crippen molar-refractivity contribution in [1.82, 2.24) is 9.99 Å². The lowest BCUT2D eigenvalue weighted by atomic mass is 10.1. The fourth-order valence-electron chi connectivity index (χ4n) is 4.06. The van der Waals surface area contributed by atoms with Gasteiger partial charge in [0.2, 0.25) is 0 Å². The van der Waals surface area contributed by atoms with Crippen molar-refractivity contribution in [2.24, 2.45) is 5.10 Å². The Labute approximate surface area is 189 Å². The summed E-state index contributed by atoms with van der Waals surface area (Å²) in [4.78, 5) is 12.5. The van der Waals surface area contributed by atoms with Gasteiger partial charge in [-0.3, -0.25) is 4.79 Å². The van der Waals surface area contributed by atoms with Crippen LogP contribution < -0.4 is 5.43 Å². The first-order valence-corrected chi connectivity index (χ1v) is 11.2. The summed E-state index contributed by atoms with van der Waals surface area (Å²) in [5.74, 6) is -0.219. The number of carbonyl (C=O) groups excluding carboxylic acids is 1. The molecular formula is C28H29N3O. The van der Waals surface area contributed by atoms with Gasteiger partial charge in [-0.15, -0.1) is 0 Å². The van der Waals surface area contributed by atoms with E-state index in [0.29, 0.717) is 5.56 Å². The van der Waals surface area contributed by atoms with E-state index in [0.717, 1.165) is 39.8 Å². The Hall–Kier alpha value is -3.66. The minimum atomic E-state index is -0.219. The van der Waals surface area contributed by atoms with E-state index in [-0.39, 0.29) is 5.91 Å². The molecule has 0 bridgehead atoms. The molecule has 4 rings (SSSR count). The number of hydrogen-bond donors (Lipinski definition) is 1. The van der Waals surface area contributed by atoms with Gasteiger partial charge in [0.15, 0.2) is 0 Å². The van der Waals surface area contributed by atoms with Crippen LogP contribution in [0.2, 0.25) is 0 Å². The standard InChI is InChI=1S/C28H29N3O/c1-4-5-8-22-11-15-27(16-12-22)31-20(2)17-26(21(31)3)19-29-30-28(32)25-14-13-23-9-6-7-10-24(23)18-25/h6-7,9-19H,4-5,8H2,1-3H3,(H,30,32)/b29-19+. The van der Waals surface area contributed by atoms with E-state index in [1.807, 2.05) is 42.5 Å². The Morgan fingerprint density at radius 2 is 1.72 bits per heavy atom. The summed E-state index contributed by atoms with van der Waals surface area (Å²) in [6, 6.07) is 24.5. The SMILES string of the molecule is CCCCc1ccc(-n2c(C)cc(/C=N/NC(=O)c3ccc4ccccc4c3)c2C)cc1. The molecular weight excluding hydrogens is 394 g/mol. The smallest absolute Gasteiger partial charge is 0.271 e. The number of rotatable bonds is 7. The van der Waals surface area contributed by atoms with Gasteiger partial charge >= 0.3 is 0 Å². The van der Waals surface area contributed by atoms with Gasteiger partial charge in [-0.1, -0.05) is 55.8 Å². The van der Waals surface area contributed by atoms with Gasteiger partial charge in [0.25, 0.3) is 5.91 Å². The molecule has 0 spiro atoms. The Morgan fingerprint density at radius 3 is 2.47 bits per heavy atom. The highest BCUT2D eigenvalue weighted by Crippen LogP contribution is 2.21. The molecule has 4 aromatic rings. The van der Waals surface area contributed by atoms with E-state index < -0.39 is 0 Å². The quantitative estimate of drug-likeness (QED) is 0.273. The van der Waals surface area contributed by atoms with Gasteiger partial charge in [0, 0.05) is 28.2 Å². The second-order valence-corrected chi connectivity index (χ2v) is 8.19. The molecule has 1 N–H and O–H groups in total. The van der Waals surface area contributed by atoms with Crippen LogP contribution >= 0.6 is 0 Å². The zero-order valence-corrected chi connectivity index (χ0v) is 18.9. The maximum atomic E-state index is 12.5. The van der Waals surface area contributed by atoms with Crippen molar-refractivity contribution in [1.29, 1.82) is 0 Å². The molecule has 0 saturated carbocycles. The molecule has 4 heteroatoms. The molecule has 0 fully saturated rings. The lowest BCUT2D eigenvalue weighted by molar-refractivity contribution is 0.0955.